The van der Waals surface area contributed by atoms with Crippen LogP contribution >= 0.6 is 0 Å². The first-order chi connectivity index (χ1) is 16.3. The summed E-state index contributed by atoms with van der Waals surface area (Å²) < 4.78 is 41.5. The van der Waals surface area contributed by atoms with Crippen molar-refractivity contribution in [1.82, 2.24) is 5.43 Å². The van der Waals surface area contributed by atoms with Crippen LogP contribution in [0.25, 0.3) is 0 Å². The van der Waals surface area contributed by atoms with E-state index in [1.54, 1.807) is 61.7 Å². The van der Waals surface area contributed by atoms with Gasteiger partial charge in [0, 0.05) is 5.56 Å². The molecule has 0 aliphatic heterocycles. The number of nitrogens with zero attached hydrogens (tertiary/aromatic N) is 1. The average molecular weight is 483 g/mol. The Bertz CT molecular complexity index is 1250. The molecule has 1 N–H and O–H groups in total. The van der Waals surface area contributed by atoms with Crippen LogP contribution in [-0.4, -0.2) is 33.8 Å². The SMILES string of the molecule is COc1cccc(CC(=O)N/N=C/c2ccccc2OS(=O)(=O)c2ccc(OC(C)C)cc2)c1. The quantitative estimate of drug-likeness (QED) is 0.267. The number of hydrogen-bond acceptors (Lipinski definition) is 7. The second kappa shape index (κ2) is 11.3. The number of hydrazone groups is 1. The molecule has 0 aliphatic carbocycles. The van der Waals surface area contributed by atoms with Crippen LogP contribution in [0.2, 0.25) is 0 Å². The van der Waals surface area contributed by atoms with Gasteiger partial charge in [0.25, 0.3) is 0 Å². The zero-order chi connectivity index (χ0) is 24.6. The molecule has 3 aromatic carbocycles. The average Bonchev–Trinajstić information content (AvgIpc) is 2.80. The van der Waals surface area contributed by atoms with Crippen molar-refractivity contribution in [2.24, 2.45) is 5.10 Å². The van der Waals surface area contributed by atoms with Gasteiger partial charge in [0.15, 0.2) is 5.75 Å². The van der Waals surface area contributed by atoms with Crippen LogP contribution < -0.4 is 19.1 Å². The van der Waals surface area contributed by atoms with Gasteiger partial charge in [0.1, 0.15) is 16.4 Å². The molecule has 0 aromatic heterocycles. The van der Waals surface area contributed by atoms with Gasteiger partial charge in [-0.3, -0.25) is 4.79 Å². The summed E-state index contributed by atoms with van der Waals surface area (Å²) in [5.74, 6) is 0.962. The molecule has 0 aliphatic rings. The van der Waals surface area contributed by atoms with Gasteiger partial charge in [-0.05, 0) is 67.9 Å². The summed E-state index contributed by atoms with van der Waals surface area (Å²) in [5.41, 5.74) is 3.58. The summed E-state index contributed by atoms with van der Waals surface area (Å²) in [7, 11) is -2.53. The van der Waals surface area contributed by atoms with Crippen molar-refractivity contribution < 1.29 is 26.9 Å². The lowest BCUT2D eigenvalue weighted by Gasteiger charge is -2.11. The third kappa shape index (κ3) is 7.08. The fourth-order valence-corrected chi connectivity index (χ4v) is 3.92. The van der Waals surface area contributed by atoms with Crippen LogP contribution in [0.1, 0.15) is 25.0 Å². The van der Waals surface area contributed by atoms with E-state index < -0.39 is 10.1 Å². The van der Waals surface area contributed by atoms with E-state index >= 15 is 0 Å². The number of ether oxygens (including phenoxy) is 2. The fraction of sp³-hybridized carbons (Fsp3) is 0.200. The van der Waals surface area contributed by atoms with Gasteiger partial charge in [-0.15, -0.1) is 0 Å². The van der Waals surface area contributed by atoms with Gasteiger partial charge in [-0.2, -0.15) is 13.5 Å². The molecule has 1 amide bonds. The number of methoxy groups -OCH3 is 1. The number of hydrogen-bond donors (Lipinski definition) is 1. The molecule has 0 unspecified atom stereocenters. The van der Waals surface area contributed by atoms with Crippen molar-refractivity contribution in [3.63, 3.8) is 0 Å². The third-order valence-electron chi connectivity index (χ3n) is 4.49. The predicted octanol–water partition coefficient (Wildman–Crippen LogP) is 3.94. The maximum Gasteiger partial charge on any atom is 0.339 e. The zero-order valence-electron chi connectivity index (χ0n) is 19.1. The first-order valence-electron chi connectivity index (χ1n) is 10.5. The smallest absolute Gasteiger partial charge is 0.339 e. The molecular formula is C25H26N2O6S. The van der Waals surface area contributed by atoms with Crippen LogP contribution in [0.3, 0.4) is 0 Å². The molecule has 0 spiro atoms. The lowest BCUT2D eigenvalue weighted by Crippen LogP contribution is -2.20. The standard InChI is InChI=1S/C25H26N2O6S/c1-18(2)32-21-11-13-23(14-12-21)34(29,30)33-24-10-5-4-8-20(24)17-26-27-25(28)16-19-7-6-9-22(15-19)31-3/h4-15,17-18H,16H2,1-3H3,(H,27,28)/b26-17+. The minimum Gasteiger partial charge on any atom is -0.497 e. The topological polar surface area (TPSA) is 103 Å². The number of amides is 1. The first kappa shape index (κ1) is 24.8. The number of nitrogens with one attached hydrogen (secondary N) is 1. The minimum atomic E-state index is -4.09. The fourth-order valence-electron chi connectivity index (χ4n) is 2.97. The summed E-state index contributed by atoms with van der Waals surface area (Å²) in [6.45, 7) is 3.76. The van der Waals surface area contributed by atoms with Crippen LogP contribution in [0.5, 0.6) is 17.2 Å². The van der Waals surface area contributed by atoms with E-state index in [-0.39, 0.29) is 29.1 Å². The van der Waals surface area contributed by atoms with E-state index in [4.69, 9.17) is 13.7 Å². The molecule has 0 fully saturated rings. The summed E-state index contributed by atoms with van der Waals surface area (Å²) >= 11 is 0. The molecule has 0 radical (unpaired) electrons. The molecule has 8 nitrogen and oxygen atoms in total. The van der Waals surface area contributed by atoms with E-state index in [0.29, 0.717) is 17.1 Å². The Morgan fingerprint density at radius 3 is 2.44 bits per heavy atom. The first-order valence-corrected chi connectivity index (χ1v) is 11.9. The number of rotatable bonds is 10. The molecular weight excluding hydrogens is 456 g/mol. The van der Waals surface area contributed by atoms with Crippen molar-refractivity contribution in [3.8, 4) is 17.2 Å². The highest BCUT2D eigenvalue weighted by molar-refractivity contribution is 7.87. The monoisotopic (exact) mass is 482 g/mol. The normalized spacial score (nSPS) is 11.4. The second-order valence-electron chi connectivity index (χ2n) is 7.53. The Balaban J connectivity index is 1.66. The Morgan fingerprint density at radius 2 is 1.74 bits per heavy atom. The summed E-state index contributed by atoms with van der Waals surface area (Å²) in [4.78, 5) is 12.2. The van der Waals surface area contributed by atoms with Gasteiger partial charge >= 0.3 is 10.1 Å². The van der Waals surface area contributed by atoms with Crippen LogP contribution in [0.4, 0.5) is 0 Å². The molecule has 0 saturated heterocycles. The lowest BCUT2D eigenvalue weighted by molar-refractivity contribution is -0.120. The van der Waals surface area contributed by atoms with E-state index in [1.165, 1.54) is 24.4 Å². The minimum absolute atomic E-state index is 0.0121. The van der Waals surface area contributed by atoms with Crippen molar-refractivity contribution in [2.45, 2.75) is 31.3 Å². The molecule has 3 rings (SSSR count). The van der Waals surface area contributed by atoms with Crippen molar-refractivity contribution in [3.05, 3.63) is 83.9 Å². The number of carbonyl (C=O) groups excluding carboxylic acids is 1. The maximum absolute atomic E-state index is 12.7. The van der Waals surface area contributed by atoms with Crippen LogP contribution in [0, 0.1) is 0 Å². The maximum atomic E-state index is 12.7. The van der Waals surface area contributed by atoms with Crippen LogP contribution in [-0.2, 0) is 21.3 Å². The van der Waals surface area contributed by atoms with E-state index in [0.717, 1.165) is 5.56 Å². The molecule has 34 heavy (non-hydrogen) atoms. The van der Waals surface area contributed by atoms with Crippen molar-refractivity contribution in [1.29, 1.82) is 0 Å². The number of para-hydroxylation sites is 1. The Morgan fingerprint density at radius 1 is 1.00 bits per heavy atom. The Labute approximate surface area is 199 Å². The third-order valence-corrected chi connectivity index (χ3v) is 5.74. The lowest BCUT2D eigenvalue weighted by atomic mass is 10.1. The van der Waals surface area contributed by atoms with Crippen molar-refractivity contribution >= 4 is 22.2 Å². The van der Waals surface area contributed by atoms with E-state index in [2.05, 4.69) is 10.5 Å². The molecule has 0 bridgehead atoms. The summed E-state index contributed by atoms with van der Waals surface area (Å²) in [5, 5.41) is 3.94. The van der Waals surface area contributed by atoms with Gasteiger partial charge < -0.3 is 13.7 Å². The molecule has 0 saturated carbocycles. The highest BCUT2D eigenvalue weighted by Gasteiger charge is 2.18. The largest absolute Gasteiger partial charge is 0.497 e. The highest BCUT2D eigenvalue weighted by atomic mass is 32.2. The molecule has 0 heterocycles. The molecule has 0 atom stereocenters. The zero-order valence-corrected chi connectivity index (χ0v) is 19.9. The van der Waals surface area contributed by atoms with Gasteiger partial charge in [-0.25, -0.2) is 5.43 Å². The van der Waals surface area contributed by atoms with E-state index in [9.17, 15) is 13.2 Å². The molecule has 9 heteroatoms. The predicted molar refractivity (Wildman–Crippen MR) is 129 cm³/mol. The summed E-state index contributed by atoms with van der Waals surface area (Å²) in [6, 6.07) is 19.6. The van der Waals surface area contributed by atoms with Gasteiger partial charge in [0.2, 0.25) is 5.91 Å². The van der Waals surface area contributed by atoms with Gasteiger partial charge in [0.05, 0.1) is 25.8 Å². The summed E-state index contributed by atoms with van der Waals surface area (Å²) in [6.07, 6.45) is 1.41. The highest BCUT2D eigenvalue weighted by Crippen LogP contribution is 2.23. The van der Waals surface area contributed by atoms with Gasteiger partial charge in [-0.1, -0.05) is 24.3 Å². The number of carbonyl (C=O) groups is 1. The Hall–Kier alpha value is -3.85. The van der Waals surface area contributed by atoms with E-state index in [1.807, 2.05) is 13.8 Å². The van der Waals surface area contributed by atoms with Crippen molar-refractivity contribution in [2.75, 3.05) is 7.11 Å². The van der Waals surface area contributed by atoms with Crippen LogP contribution in [0.15, 0.2) is 82.8 Å². The molecule has 178 valence electrons. The Kier molecular flexibility index (Phi) is 8.26. The second-order valence-corrected chi connectivity index (χ2v) is 9.08. The number of benzene rings is 3. The molecule has 3 aromatic rings.